The second kappa shape index (κ2) is 5.97. The molecule has 1 amide bonds. The van der Waals surface area contributed by atoms with Crippen LogP contribution in [0, 0.1) is 12.7 Å². The van der Waals surface area contributed by atoms with E-state index < -0.39 is 11.8 Å². The second-order valence-corrected chi connectivity index (χ2v) is 5.17. The Balaban J connectivity index is 2.32. The Hall–Kier alpha value is -2.70. The van der Waals surface area contributed by atoms with Crippen LogP contribution in [-0.4, -0.2) is 45.8 Å². The predicted octanol–water partition coefficient (Wildman–Crippen LogP) is 1.78. The Kier molecular flexibility index (Phi) is 4.25. The van der Waals surface area contributed by atoms with Crippen LogP contribution >= 0.6 is 0 Å². The van der Waals surface area contributed by atoms with Gasteiger partial charge in [0.05, 0.1) is 11.8 Å². The van der Waals surface area contributed by atoms with Crippen LogP contribution in [0.1, 0.15) is 15.9 Å². The van der Waals surface area contributed by atoms with Gasteiger partial charge in [0.25, 0.3) is 0 Å². The number of carbonyl (C=O) groups excluding carboxylic acids is 1. The van der Waals surface area contributed by atoms with Crippen LogP contribution in [0.5, 0.6) is 0 Å². The summed E-state index contributed by atoms with van der Waals surface area (Å²) in [5.41, 5.74) is 1.13. The van der Waals surface area contributed by atoms with E-state index in [1.165, 1.54) is 22.7 Å². The van der Waals surface area contributed by atoms with Crippen molar-refractivity contribution in [2.24, 2.45) is 0 Å². The number of carboxylic acids is 1. The summed E-state index contributed by atoms with van der Waals surface area (Å²) in [6.45, 7) is 1.62. The number of carbonyl (C=O) groups is 2. The predicted molar refractivity (Wildman–Crippen MR) is 78.0 cm³/mol. The number of aromatic carboxylic acids is 1. The van der Waals surface area contributed by atoms with Crippen LogP contribution in [0.4, 0.5) is 4.39 Å². The standard InChI is InChI=1S/C15H16FN3O3/c1-9-4-10(5-12(16)14(9)15(21)22)11-6-17-19(7-11)8-13(20)18(2)3/h4-7H,8H2,1-3H3,(H,21,22). The Morgan fingerprint density at radius 3 is 2.55 bits per heavy atom. The third kappa shape index (κ3) is 3.13. The number of likely N-dealkylation sites (N-methyl/N-ethyl adjacent to an activating group) is 1. The summed E-state index contributed by atoms with van der Waals surface area (Å²) in [4.78, 5) is 24.1. The van der Waals surface area contributed by atoms with E-state index >= 15 is 0 Å². The third-order valence-corrected chi connectivity index (χ3v) is 3.26. The molecule has 1 N–H and O–H groups in total. The zero-order valence-electron chi connectivity index (χ0n) is 12.5. The lowest BCUT2D eigenvalue weighted by Gasteiger charge is -2.09. The first-order chi connectivity index (χ1) is 10.3. The zero-order valence-corrected chi connectivity index (χ0v) is 12.5. The molecule has 0 unspecified atom stereocenters. The SMILES string of the molecule is Cc1cc(-c2cnn(CC(=O)N(C)C)c2)cc(F)c1C(=O)O. The summed E-state index contributed by atoms with van der Waals surface area (Å²) in [5, 5.41) is 13.0. The van der Waals surface area contributed by atoms with Gasteiger partial charge < -0.3 is 10.0 Å². The first-order valence-electron chi connectivity index (χ1n) is 6.56. The molecule has 0 saturated heterocycles. The topological polar surface area (TPSA) is 75.4 Å². The molecular weight excluding hydrogens is 289 g/mol. The Labute approximate surface area is 126 Å². The molecule has 0 atom stereocenters. The molecule has 6 nitrogen and oxygen atoms in total. The quantitative estimate of drug-likeness (QED) is 0.934. The second-order valence-electron chi connectivity index (χ2n) is 5.17. The van der Waals surface area contributed by atoms with E-state index in [1.807, 2.05) is 0 Å². The van der Waals surface area contributed by atoms with Gasteiger partial charge in [0.15, 0.2) is 0 Å². The molecule has 22 heavy (non-hydrogen) atoms. The molecule has 116 valence electrons. The van der Waals surface area contributed by atoms with E-state index in [-0.39, 0.29) is 18.0 Å². The first-order valence-corrected chi connectivity index (χ1v) is 6.56. The van der Waals surface area contributed by atoms with Gasteiger partial charge in [-0.3, -0.25) is 9.48 Å². The van der Waals surface area contributed by atoms with Gasteiger partial charge >= 0.3 is 5.97 Å². The fraction of sp³-hybridized carbons (Fsp3) is 0.267. The smallest absolute Gasteiger partial charge is 0.338 e. The van der Waals surface area contributed by atoms with E-state index in [9.17, 15) is 14.0 Å². The number of benzene rings is 1. The van der Waals surface area contributed by atoms with E-state index in [0.29, 0.717) is 16.7 Å². The van der Waals surface area contributed by atoms with Crippen LogP contribution < -0.4 is 0 Å². The Morgan fingerprint density at radius 1 is 1.32 bits per heavy atom. The molecule has 0 fully saturated rings. The summed E-state index contributed by atoms with van der Waals surface area (Å²) in [7, 11) is 3.30. The minimum atomic E-state index is -1.30. The van der Waals surface area contributed by atoms with Crippen molar-refractivity contribution in [1.29, 1.82) is 0 Å². The molecular formula is C15H16FN3O3. The number of carboxylic acid groups (broad SMARTS) is 1. The molecule has 0 bridgehead atoms. The van der Waals surface area contributed by atoms with Gasteiger partial charge in [-0.05, 0) is 24.1 Å². The summed E-state index contributed by atoms with van der Waals surface area (Å²) in [6, 6.07) is 2.74. The Morgan fingerprint density at radius 2 is 2.00 bits per heavy atom. The maximum Gasteiger partial charge on any atom is 0.338 e. The maximum atomic E-state index is 13.9. The lowest BCUT2D eigenvalue weighted by Crippen LogP contribution is -2.26. The largest absolute Gasteiger partial charge is 0.478 e. The van der Waals surface area contributed by atoms with Gasteiger partial charge in [0, 0.05) is 25.9 Å². The van der Waals surface area contributed by atoms with Crippen molar-refractivity contribution in [1.82, 2.24) is 14.7 Å². The minimum Gasteiger partial charge on any atom is -0.478 e. The number of hydrogen-bond donors (Lipinski definition) is 1. The number of aryl methyl sites for hydroxylation is 1. The van der Waals surface area contributed by atoms with Gasteiger partial charge in [0.2, 0.25) is 5.91 Å². The summed E-state index contributed by atoms with van der Waals surface area (Å²) in [6.07, 6.45) is 3.13. The van der Waals surface area contributed by atoms with E-state index in [1.54, 1.807) is 26.4 Å². The highest BCUT2D eigenvalue weighted by Crippen LogP contribution is 2.24. The molecule has 1 aromatic carbocycles. The molecule has 7 heteroatoms. The van der Waals surface area contributed by atoms with Crippen molar-refractivity contribution >= 4 is 11.9 Å². The van der Waals surface area contributed by atoms with Gasteiger partial charge in [-0.2, -0.15) is 5.10 Å². The molecule has 2 aromatic rings. The van der Waals surface area contributed by atoms with Gasteiger partial charge in [0.1, 0.15) is 12.4 Å². The van der Waals surface area contributed by atoms with Crippen LogP contribution in [0.3, 0.4) is 0 Å². The lowest BCUT2D eigenvalue weighted by atomic mass is 10.0. The minimum absolute atomic E-state index is 0.0850. The molecule has 0 spiro atoms. The highest BCUT2D eigenvalue weighted by molar-refractivity contribution is 5.90. The number of rotatable bonds is 4. The van der Waals surface area contributed by atoms with Crippen LogP contribution in [0.15, 0.2) is 24.5 Å². The number of nitrogens with zero attached hydrogens (tertiary/aromatic N) is 3. The van der Waals surface area contributed by atoms with E-state index in [4.69, 9.17) is 5.11 Å². The fourth-order valence-electron chi connectivity index (χ4n) is 2.06. The van der Waals surface area contributed by atoms with Crippen LogP contribution in [0.2, 0.25) is 0 Å². The highest BCUT2D eigenvalue weighted by Gasteiger charge is 2.16. The monoisotopic (exact) mass is 305 g/mol. The van der Waals surface area contributed by atoms with E-state index in [2.05, 4.69) is 5.10 Å². The summed E-state index contributed by atoms with van der Waals surface area (Å²) < 4.78 is 15.4. The molecule has 0 saturated carbocycles. The maximum absolute atomic E-state index is 13.9. The molecule has 2 rings (SSSR count). The van der Waals surface area contributed by atoms with Crippen LogP contribution in [0.25, 0.3) is 11.1 Å². The summed E-state index contributed by atoms with van der Waals surface area (Å²) >= 11 is 0. The molecule has 1 heterocycles. The van der Waals surface area contributed by atoms with Crippen molar-refractivity contribution < 1.29 is 19.1 Å². The lowest BCUT2D eigenvalue weighted by molar-refractivity contribution is -0.129. The van der Waals surface area contributed by atoms with Crippen molar-refractivity contribution in [2.45, 2.75) is 13.5 Å². The van der Waals surface area contributed by atoms with Crippen molar-refractivity contribution in [3.63, 3.8) is 0 Å². The van der Waals surface area contributed by atoms with Gasteiger partial charge in [-0.15, -0.1) is 0 Å². The van der Waals surface area contributed by atoms with Gasteiger partial charge in [-0.25, -0.2) is 9.18 Å². The van der Waals surface area contributed by atoms with Crippen molar-refractivity contribution in [3.8, 4) is 11.1 Å². The van der Waals surface area contributed by atoms with Crippen LogP contribution in [-0.2, 0) is 11.3 Å². The van der Waals surface area contributed by atoms with Crippen molar-refractivity contribution in [2.75, 3.05) is 14.1 Å². The average molecular weight is 305 g/mol. The Bertz CT molecular complexity index is 714. The van der Waals surface area contributed by atoms with Crippen molar-refractivity contribution in [3.05, 3.63) is 41.5 Å². The number of amides is 1. The molecule has 0 radical (unpaired) electrons. The molecule has 0 aliphatic rings. The number of hydrogen-bond acceptors (Lipinski definition) is 3. The summed E-state index contributed by atoms with van der Waals surface area (Å²) in [5.74, 6) is -2.20. The number of halogens is 1. The van der Waals surface area contributed by atoms with Gasteiger partial charge in [-0.1, -0.05) is 6.07 Å². The first kappa shape index (κ1) is 15.7. The third-order valence-electron chi connectivity index (χ3n) is 3.26. The number of aromatic nitrogens is 2. The van der Waals surface area contributed by atoms with E-state index in [0.717, 1.165) is 6.07 Å². The molecule has 0 aliphatic heterocycles. The zero-order chi connectivity index (χ0) is 16.4. The molecule has 0 aliphatic carbocycles. The molecule has 1 aromatic heterocycles. The average Bonchev–Trinajstić information content (AvgIpc) is 2.85. The normalized spacial score (nSPS) is 10.5. The fourth-order valence-corrected chi connectivity index (χ4v) is 2.06. The highest BCUT2D eigenvalue weighted by atomic mass is 19.1.